The molecule has 0 amide bonds. The lowest BCUT2D eigenvalue weighted by Gasteiger charge is -2.14. The Morgan fingerprint density at radius 1 is 1.36 bits per heavy atom. The summed E-state index contributed by atoms with van der Waals surface area (Å²) in [6.45, 7) is 4.12. The summed E-state index contributed by atoms with van der Waals surface area (Å²) in [5, 5.41) is 1.36. The monoisotopic (exact) mass is 191 g/mol. The highest BCUT2D eigenvalue weighted by atomic mass is 16.7. The molecule has 0 radical (unpaired) electrons. The molecule has 0 saturated heterocycles. The van der Waals surface area contributed by atoms with Crippen molar-refractivity contribution < 1.29 is 4.84 Å². The van der Waals surface area contributed by atoms with Gasteiger partial charge < -0.3 is 4.84 Å². The molecule has 0 unspecified atom stereocenters. The minimum atomic E-state index is 0.836. The zero-order chi connectivity index (χ0) is 10.1. The summed E-state index contributed by atoms with van der Waals surface area (Å²) in [7, 11) is 0. The molecule has 1 aromatic carbocycles. The number of aryl methyl sites for hydroxylation is 2. The maximum Gasteiger partial charge on any atom is 0.140 e. The van der Waals surface area contributed by atoms with E-state index in [4.69, 9.17) is 10.7 Å². The molecule has 1 aliphatic heterocycles. The summed E-state index contributed by atoms with van der Waals surface area (Å²) in [6.07, 6.45) is 1.59. The molecule has 14 heavy (non-hydrogen) atoms. The van der Waals surface area contributed by atoms with Crippen LogP contribution >= 0.6 is 0 Å². The lowest BCUT2D eigenvalue weighted by atomic mass is 10.0. The first-order valence-corrected chi connectivity index (χ1v) is 4.42. The van der Waals surface area contributed by atoms with Crippen LogP contribution < -0.4 is 11.4 Å². The molecule has 1 aliphatic rings. The molecule has 0 spiro atoms. The van der Waals surface area contributed by atoms with E-state index in [1.54, 1.807) is 6.26 Å². The molecule has 0 saturated carbocycles. The van der Waals surface area contributed by atoms with E-state index in [1.165, 1.54) is 16.2 Å². The SMILES string of the molecule is Cc1ccc(C2=CONN2N)c(C)c1. The zero-order valence-electron chi connectivity index (χ0n) is 8.24. The molecule has 1 heterocycles. The lowest BCUT2D eigenvalue weighted by Crippen LogP contribution is -2.36. The van der Waals surface area contributed by atoms with Gasteiger partial charge in [-0.3, -0.25) is 0 Å². The van der Waals surface area contributed by atoms with E-state index in [9.17, 15) is 0 Å². The number of hydrazine groups is 2. The van der Waals surface area contributed by atoms with Crippen molar-refractivity contribution in [1.29, 1.82) is 0 Å². The minimum absolute atomic E-state index is 0.836. The fourth-order valence-corrected chi connectivity index (χ4v) is 1.54. The van der Waals surface area contributed by atoms with Crippen LogP contribution in [-0.2, 0) is 4.84 Å². The largest absolute Gasteiger partial charge is 0.393 e. The second-order valence-corrected chi connectivity index (χ2v) is 3.40. The lowest BCUT2D eigenvalue weighted by molar-refractivity contribution is 0.0396. The smallest absolute Gasteiger partial charge is 0.140 e. The van der Waals surface area contributed by atoms with Crippen molar-refractivity contribution in [1.82, 2.24) is 10.7 Å². The molecule has 4 heteroatoms. The van der Waals surface area contributed by atoms with E-state index in [1.807, 2.05) is 6.07 Å². The maximum atomic E-state index is 5.65. The predicted octanol–water partition coefficient (Wildman–Crippen LogP) is 1.23. The number of benzene rings is 1. The molecule has 3 N–H and O–H groups in total. The second-order valence-electron chi connectivity index (χ2n) is 3.40. The normalized spacial score (nSPS) is 15.4. The van der Waals surface area contributed by atoms with Gasteiger partial charge in [0.2, 0.25) is 0 Å². The summed E-state index contributed by atoms with van der Waals surface area (Å²) in [5.41, 5.74) is 6.85. The van der Waals surface area contributed by atoms with Crippen molar-refractivity contribution in [2.75, 3.05) is 0 Å². The van der Waals surface area contributed by atoms with E-state index in [0.717, 1.165) is 11.3 Å². The van der Waals surface area contributed by atoms with Crippen LogP contribution in [0.5, 0.6) is 0 Å². The Morgan fingerprint density at radius 2 is 2.14 bits per heavy atom. The van der Waals surface area contributed by atoms with Gasteiger partial charge in [0, 0.05) is 5.56 Å². The summed E-state index contributed by atoms with van der Waals surface area (Å²) in [5.74, 6) is 5.65. The summed E-state index contributed by atoms with van der Waals surface area (Å²) in [4.78, 5) is 4.90. The van der Waals surface area contributed by atoms with Crippen molar-refractivity contribution in [2.24, 2.45) is 5.84 Å². The maximum absolute atomic E-state index is 5.65. The van der Waals surface area contributed by atoms with Crippen LogP contribution in [0.4, 0.5) is 0 Å². The molecule has 0 fully saturated rings. The van der Waals surface area contributed by atoms with Crippen LogP contribution in [0.1, 0.15) is 16.7 Å². The first kappa shape index (κ1) is 9.05. The standard InChI is InChI=1S/C10H13N3O/c1-7-3-4-9(8(2)5-7)10-6-14-12-13(10)11/h3-6,12H,11H2,1-2H3. The van der Waals surface area contributed by atoms with Crippen molar-refractivity contribution in [2.45, 2.75) is 13.8 Å². The van der Waals surface area contributed by atoms with Gasteiger partial charge in [0.1, 0.15) is 12.0 Å². The first-order valence-electron chi connectivity index (χ1n) is 4.42. The first-order chi connectivity index (χ1) is 6.68. The zero-order valence-corrected chi connectivity index (χ0v) is 8.24. The molecule has 74 valence electrons. The Kier molecular flexibility index (Phi) is 2.15. The average molecular weight is 191 g/mol. The molecule has 1 aromatic rings. The number of nitrogens with one attached hydrogen (secondary N) is 1. The third-order valence-electron chi connectivity index (χ3n) is 2.24. The van der Waals surface area contributed by atoms with Crippen molar-refractivity contribution in [3.8, 4) is 0 Å². The number of hydrogen-bond donors (Lipinski definition) is 2. The number of nitrogens with zero attached hydrogens (tertiary/aromatic N) is 1. The highest BCUT2D eigenvalue weighted by Gasteiger charge is 2.16. The van der Waals surface area contributed by atoms with Crippen LogP contribution in [0.15, 0.2) is 24.5 Å². The molecular formula is C10H13N3O. The highest BCUT2D eigenvalue weighted by Crippen LogP contribution is 2.22. The average Bonchev–Trinajstić information content (AvgIpc) is 2.52. The van der Waals surface area contributed by atoms with Gasteiger partial charge in [-0.1, -0.05) is 29.4 Å². The van der Waals surface area contributed by atoms with E-state index < -0.39 is 0 Å². The molecular weight excluding hydrogens is 178 g/mol. The third kappa shape index (κ3) is 1.45. The van der Waals surface area contributed by atoms with Gasteiger partial charge in [0.25, 0.3) is 0 Å². The Labute approximate surface area is 82.9 Å². The molecule has 0 aliphatic carbocycles. The topological polar surface area (TPSA) is 50.5 Å². The van der Waals surface area contributed by atoms with Gasteiger partial charge in [-0.25, -0.2) is 11.0 Å². The summed E-state index contributed by atoms with van der Waals surface area (Å²) in [6, 6.07) is 6.20. The molecule has 0 atom stereocenters. The fourth-order valence-electron chi connectivity index (χ4n) is 1.54. The number of hydrogen-bond acceptors (Lipinski definition) is 4. The van der Waals surface area contributed by atoms with Crippen LogP contribution in [-0.4, -0.2) is 5.12 Å². The summed E-state index contributed by atoms with van der Waals surface area (Å²) < 4.78 is 0. The Hall–Kier alpha value is -1.52. The van der Waals surface area contributed by atoms with E-state index in [2.05, 4.69) is 31.6 Å². The fraction of sp³-hybridized carbons (Fsp3) is 0.200. The highest BCUT2D eigenvalue weighted by molar-refractivity contribution is 5.66. The van der Waals surface area contributed by atoms with Crippen molar-refractivity contribution >= 4 is 5.70 Å². The van der Waals surface area contributed by atoms with Gasteiger partial charge in [-0.15, -0.1) is 0 Å². The Bertz CT molecular complexity index is 387. The van der Waals surface area contributed by atoms with Crippen LogP contribution in [0.25, 0.3) is 5.70 Å². The van der Waals surface area contributed by atoms with E-state index in [0.29, 0.717) is 0 Å². The van der Waals surface area contributed by atoms with Gasteiger partial charge in [-0.2, -0.15) is 0 Å². The van der Waals surface area contributed by atoms with Crippen molar-refractivity contribution in [3.05, 3.63) is 41.2 Å². The van der Waals surface area contributed by atoms with Crippen LogP contribution in [0.3, 0.4) is 0 Å². The molecule has 0 bridgehead atoms. The van der Waals surface area contributed by atoms with Crippen LogP contribution in [0, 0.1) is 13.8 Å². The quantitative estimate of drug-likeness (QED) is 0.655. The third-order valence-corrected chi connectivity index (χ3v) is 2.24. The van der Waals surface area contributed by atoms with Gasteiger partial charge >= 0.3 is 0 Å². The number of rotatable bonds is 1. The van der Waals surface area contributed by atoms with Gasteiger partial charge in [-0.05, 0) is 19.4 Å². The second kappa shape index (κ2) is 3.32. The van der Waals surface area contributed by atoms with E-state index in [-0.39, 0.29) is 0 Å². The van der Waals surface area contributed by atoms with E-state index >= 15 is 0 Å². The Morgan fingerprint density at radius 3 is 2.71 bits per heavy atom. The molecule has 4 nitrogen and oxygen atoms in total. The minimum Gasteiger partial charge on any atom is -0.393 e. The van der Waals surface area contributed by atoms with Crippen molar-refractivity contribution in [3.63, 3.8) is 0 Å². The van der Waals surface area contributed by atoms with Gasteiger partial charge in [0.15, 0.2) is 0 Å². The molecule has 2 rings (SSSR count). The summed E-state index contributed by atoms with van der Waals surface area (Å²) >= 11 is 0. The van der Waals surface area contributed by atoms with Gasteiger partial charge in [0.05, 0.1) is 0 Å². The predicted molar refractivity (Wildman–Crippen MR) is 54.1 cm³/mol. The number of nitrogens with two attached hydrogens (primary N) is 1. The van der Waals surface area contributed by atoms with Crippen LogP contribution in [0.2, 0.25) is 0 Å². The Balaban J connectivity index is 2.41. The molecule has 0 aromatic heterocycles.